The van der Waals surface area contributed by atoms with E-state index in [1.807, 2.05) is 31.3 Å². The van der Waals surface area contributed by atoms with Crippen molar-refractivity contribution in [3.63, 3.8) is 0 Å². The third-order valence-electron chi connectivity index (χ3n) is 2.76. The van der Waals surface area contributed by atoms with E-state index in [1.165, 1.54) is 5.69 Å². The van der Waals surface area contributed by atoms with Gasteiger partial charge in [-0.1, -0.05) is 0 Å². The number of nitrogens with zero attached hydrogens (tertiary/aromatic N) is 1. The molecule has 1 heterocycles. The molecule has 1 fully saturated rings. The molecule has 3 nitrogen and oxygen atoms in total. The van der Waals surface area contributed by atoms with Gasteiger partial charge >= 0.3 is 0 Å². The van der Waals surface area contributed by atoms with Gasteiger partial charge in [-0.2, -0.15) is 0 Å². The molecule has 0 bridgehead atoms. The lowest BCUT2D eigenvalue weighted by Gasteiger charge is -2.05. The molecule has 0 aromatic heterocycles. The van der Waals surface area contributed by atoms with Crippen molar-refractivity contribution in [3.05, 3.63) is 29.8 Å². The van der Waals surface area contributed by atoms with Gasteiger partial charge in [0.2, 0.25) is 0 Å². The van der Waals surface area contributed by atoms with Crippen molar-refractivity contribution >= 4 is 11.5 Å². The first kappa shape index (κ1) is 10.2. The molecule has 15 heavy (non-hydrogen) atoms. The third-order valence-corrected chi connectivity index (χ3v) is 2.76. The molecular formula is C12H16N2O. The normalized spacial score (nSPS) is 19.1. The average Bonchev–Trinajstić information content (AvgIpc) is 2.98. The Bertz CT molecular complexity index is 358. The van der Waals surface area contributed by atoms with E-state index in [2.05, 4.69) is 10.2 Å². The monoisotopic (exact) mass is 204 g/mol. The Balaban J connectivity index is 2.03. The van der Waals surface area contributed by atoms with Crippen LogP contribution in [0.2, 0.25) is 0 Å². The zero-order valence-electron chi connectivity index (χ0n) is 9.16. The predicted molar refractivity (Wildman–Crippen MR) is 61.5 cm³/mol. The fourth-order valence-corrected chi connectivity index (χ4v) is 1.79. The van der Waals surface area contributed by atoms with Crippen LogP contribution in [0.5, 0.6) is 0 Å². The minimum atomic E-state index is 0.124. The molecule has 1 unspecified atom stereocenters. The first-order chi connectivity index (χ1) is 7.22. The van der Waals surface area contributed by atoms with E-state index in [4.69, 9.17) is 0 Å². The number of carbonyl (C=O) groups excluding carboxylic acids is 1. The van der Waals surface area contributed by atoms with Crippen LogP contribution in [0.1, 0.15) is 17.3 Å². The summed E-state index contributed by atoms with van der Waals surface area (Å²) in [6.45, 7) is 3.73. The Morgan fingerprint density at radius 3 is 2.67 bits per heavy atom. The lowest BCUT2D eigenvalue weighted by Crippen LogP contribution is -2.17. The molecule has 1 aliphatic heterocycles. The summed E-state index contributed by atoms with van der Waals surface area (Å²) < 4.78 is 0. The van der Waals surface area contributed by atoms with Crippen LogP contribution < -0.4 is 10.2 Å². The number of Topliss-reactive ketones (excluding diaryl/α,β-unsaturated/α-hetero) is 1. The molecule has 0 aliphatic carbocycles. The summed E-state index contributed by atoms with van der Waals surface area (Å²) in [7, 11) is 1.97. The van der Waals surface area contributed by atoms with E-state index in [0.717, 1.165) is 18.7 Å². The zero-order chi connectivity index (χ0) is 10.8. The number of anilines is 1. The highest BCUT2D eigenvalue weighted by Crippen LogP contribution is 2.27. The molecule has 80 valence electrons. The predicted octanol–water partition coefficient (Wildman–Crippen LogP) is 1.30. The summed E-state index contributed by atoms with van der Waals surface area (Å²) in [4.78, 5) is 13.4. The Morgan fingerprint density at radius 1 is 1.47 bits per heavy atom. The summed E-state index contributed by atoms with van der Waals surface area (Å²) in [6, 6.07) is 8.45. The summed E-state index contributed by atoms with van der Waals surface area (Å²) >= 11 is 0. The van der Waals surface area contributed by atoms with Gasteiger partial charge in [-0.25, -0.2) is 0 Å². The average molecular weight is 204 g/mol. The van der Waals surface area contributed by atoms with Crippen LogP contribution in [0.15, 0.2) is 24.3 Å². The fourth-order valence-electron chi connectivity index (χ4n) is 1.79. The second kappa shape index (κ2) is 4.03. The maximum atomic E-state index is 11.1. The maximum Gasteiger partial charge on any atom is 0.159 e. The summed E-state index contributed by atoms with van der Waals surface area (Å²) in [5.74, 6) is 0.124. The molecule has 0 saturated carbocycles. The Morgan fingerprint density at radius 2 is 2.13 bits per heavy atom. The van der Waals surface area contributed by atoms with Gasteiger partial charge < -0.3 is 10.2 Å². The van der Waals surface area contributed by atoms with Crippen LogP contribution in [-0.4, -0.2) is 32.0 Å². The number of benzene rings is 1. The van der Waals surface area contributed by atoms with E-state index in [-0.39, 0.29) is 5.78 Å². The Labute approximate surface area is 90.1 Å². The van der Waals surface area contributed by atoms with E-state index >= 15 is 0 Å². The smallest absolute Gasteiger partial charge is 0.159 e. The second-order valence-electron chi connectivity index (χ2n) is 3.97. The number of carbonyl (C=O) groups is 1. The number of rotatable bonds is 4. The van der Waals surface area contributed by atoms with Gasteiger partial charge in [-0.15, -0.1) is 0 Å². The molecule has 0 spiro atoms. The van der Waals surface area contributed by atoms with Crippen molar-refractivity contribution in [3.8, 4) is 0 Å². The van der Waals surface area contributed by atoms with Gasteiger partial charge in [-0.05, 0) is 38.2 Å². The molecular weight excluding hydrogens is 188 g/mol. The number of nitrogens with one attached hydrogen (secondary N) is 1. The highest BCUT2D eigenvalue weighted by molar-refractivity contribution is 5.94. The summed E-state index contributed by atoms with van der Waals surface area (Å²) in [5, 5.41) is 3.16. The van der Waals surface area contributed by atoms with Crippen LogP contribution in [0.3, 0.4) is 0 Å². The van der Waals surface area contributed by atoms with Gasteiger partial charge in [0.15, 0.2) is 5.78 Å². The van der Waals surface area contributed by atoms with Crippen molar-refractivity contribution in [2.24, 2.45) is 0 Å². The van der Waals surface area contributed by atoms with Crippen LogP contribution >= 0.6 is 0 Å². The molecule has 1 atom stereocenters. The molecule has 0 amide bonds. The lowest BCUT2D eigenvalue weighted by molar-refractivity contribution is 0.101. The van der Waals surface area contributed by atoms with Gasteiger partial charge in [0.05, 0.1) is 6.04 Å². The van der Waals surface area contributed by atoms with Crippen LogP contribution in [-0.2, 0) is 0 Å². The van der Waals surface area contributed by atoms with Crippen LogP contribution in [0.4, 0.5) is 5.69 Å². The number of ketones is 1. The molecule has 1 aliphatic rings. The SMILES string of the molecule is CNCC1CN1c1ccc(C(C)=O)cc1. The fraction of sp³-hybridized carbons (Fsp3) is 0.417. The highest BCUT2D eigenvalue weighted by atomic mass is 16.1. The lowest BCUT2D eigenvalue weighted by atomic mass is 10.1. The van der Waals surface area contributed by atoms with E-state index in [0.29, 0.717) is 6.04 Å². The van der Waals surface area contributed by atoms with Gasteiger partial charge in [0.25, 0.3) is 0 Å². The van der Waals surface area contributed by atoms with Crippen molar-refractivity contribution in [1.29, 1.82) is 0 Å². The van der Waals surface area contributed by atoms with E-state index < -0.39 is 0 Å². The van der Waals surface area contributed by atoms with Crippen molar-refractivity contribution in [1.82, 2.24) is 5.32 Å². The molecule has 1 N–H and O–H groups in total. The second-order valence-corrected chi connectivity index (χ2v) is 3.97. The first-order valence-corrected chi connectivity index (χ1v) is 5.24. The maximum absolute atomic E-state index is 11.1. The molecule has 3 heteroatoms. The van der Waals surface area contributed by atoms with Gasteiger partial charge in [0, 0.05) is 24.3 Å². The standard InChI is InChI=1S/C12H16N2O/c1-9(15)10-3-5-11(6-4-10)14-8-12(14)7-13-2/h3-6,12-13H,7-8H2,1-2H3. The number of hydrogen-bond acceptors (Lipinski definition) is 3. The quantitative estimate of drug-likeness (QED) is 0.592. The summed E-state index contributed by atoms with van der Waals surface area (Å²) in [5.41, 5.74) is 1.99. The summed E-state index contributed by atoms with van der Waals surface area (Å²) in [6.07, 6.45) is 0. The largest absolute Gasteiger partial charge is 0.363 e. The Kier molecular flexibility index (Phi) is 2.73. The van der Waals surface area contributed by atoms with Crippen LogP contribution in [0.25, 0.3) is 0 Å². The minimum absolute atomic E-state index is 0.124. The topological polar surface area (TPSA) is 32.1 Å². The van der Waals surface area contributed by atoms with Crippen molar-refractivity contribution < 1.29 is 4.79 Å². The van der Waals surface area contributed by atoms with E-state index in [9.17, 15) is 4.79 Å². The van der Waals surface area contributed by atoms with Gasteiger partial charge in [-0.3, -0.25) is 4.79 Å². The number of hydrogen-bond donors (Lipinski definition) is 1. The molecule has 0 radical (unpaired) electrons. The minimum Gasteiger partial charge on any atom is -0.363 e. The van der Waals surface area contributed by atoms with Crippen molar-refractivity contribution in [2.75, 3.05) is 25.0 Å². The first-order valence-electron chi connectivity index (χ1n) is 5.24. The molecule has 1 saturated heterocycles. The molecule has 1 aromatic rings. The highest BCUT2D eigenvalue weighted by Gasteiger charge is 2.32. The number of likely N-dealkylation sites (N-methyl/N-ethyl adjacent to an activating group) is 1. The Hall–Kier alpha value is -1.35. The van der Waals surface area contributed by atoms with Crippen molar-refractivity contribution in [2.45, 2.75) is 13.0 Å². The third kappa shape index (κ3) is 2.18. The molecule has 1 aromatic carbocycles. The van der Waals surface area contributed by atoms with Gasteiger partial charge in [0.1, 0.15) is 0 Å². The van der Waals surface area contributed by atoms with E-state index in [1.54, 1.807) is 6.92 Å². The zero-order valence-corrected chi connectivity index (χ0v) is 9.16. The molecule has 2 rings (SSSR count). The van der Waals surface area contributed by atoms with Crippen LogP contribution in [0, 0.1) is 0 Å².